The Morgan fingerprint density at radius 1 is 0.914 bits per heavy atom. The topological polar surface area (TPSA) is 169 Å². The fourth-order valence-corrected chi connectivity index (χ4v) is 3.10. The van der Waals surface area contributed by atoms with Crippen molar-refractivity contribution in [1.29, 1.82) is 0 Å². The third kappa shape index (κ3) is 13.4. The van der Waals surface area contributed by atoms with Crippen LogP contribution in [-0.4, -0.2) is 86.6 Å². The number of carbonyl (C=O) groups is 6. The summed E-state index contributed by atoms with van der Waals surface area (Å²) >= 11 is 0. The Morgan fingerprint density at radius 2 is 1.63 bits per heavy atom. The third-order valence-corrected chi connectivity index (χ3v) is 4.91. The Kier molecular flexibility index (Phi) is 14.9. The van der Waals surface area contributed by atoms with Crippen LogP contribution in [0.25, 0.3) is 0 Å². The summed E-state index contributed by atoms with van der Waals surface area (Å²) in [5.74, 6) is -2.72. The van der Waals surface area contributed by atoms with Crippen molar-refractivity contribution in [2.24, 2.45) is 0 Å². The fraction of sp³-hybridized carbons (Fsp3) is 0.727. The standard InChI is InChI=1S/C22H36N4O9/c1-16(27)25-17(22(32)24-12-13-34-15-14-33-2)7-8-18(28)23-11-5-3-4-6-21(31)35-26-19(29)9-10-20(26)30/h17H,3-15H2,1-2H3,(H,23,28)(H,24,32)(H,25,27). The summed E-state index contributed by atoms with van der Waals surface area (Å²) in [6.45, 7) is 3.11. The van der Waals surface area contributed by atoms with Gasteiger partial charge in [-0.05, 0) is 19.3 Å². The van der Waals surface area contributed by atoms with Crippen LogP contribution in [0.1, 0.15) is 58.3 Å². The molecule has 1 saturated heterocycles. The second-order valence-corrected chi connectivity index (χ2v) is 7.89. The van der Waals surface area contributed by atoms with Gasteiger partial charge in [0.05, 0.1) is 19.8 Å². The molecule has 1 fully saturated rings. The van der Waals surface area contributed by atoms with E-state index in [2.05, 4.69) is 16.0 Å². The largest absolute Gasteiger partial charge is 0.382 e. The molecule has 0 spiro atoms. The molecule has 5 amide bonds. The smallest absolute Gasteiger partial charge is 0.333 e. The number of rotatable bonds is 18. The Morgan fingerprint density at radius 3 is 2.29 bits per heavy atom. The van der Waals surface area contributed by atoms with Crippen molar-refractivity contribution in [1.82, 2.24) is 21.0 Å². The summed E-state index contributed by atoms with van der Waals surface area (Å²) in [6.07, 6.45) is 2.05. The van der Waals surface area contributed by atoms with Crippen molar-refractivity contribution >= 4 is 35.5 Å². The van der Waals surface area contributed by atoms with E-state index in [0.717, 1.165) is 0 Å². The minimum atomic E-state index is -0.836. The molecule has 0 aromatic rings. The van der Waals surface area contributed by atoms with E-state index in [1.165, 1.54) is 6.92 Å². The molecule has 1 atom stereocenters. The van der Waals surface area contributed by atoms with E-state index in [9.17, 15) is 28.8 Å². The van der Waals surface area contributed by atoms with Gasteiger partial charge in [0.15, 0.2) is 0 Å². The van der Waals surface area contributed by atoms with Crippen LogP contribution in [0.5, 0.6) is 0 Å². The van der Waals surface area contributed by atoms with Crippen LogP contribution in [0, 0.1) is 0 Å². The molecule has 13 heteroatoms. The van der Waals surface area contributed by atoms with Gasteiger partial charge in [-0.1, -0.05) is 6.42 Å². The molecule has 13 nitrogen and oxygen atoms in total. The van der Waals surface area contributed by atoms with Gasteiger partial charge < -0.3 is 30.3 Å². The fourth-order valence-electron chi connectivity index (χ4n) is 3.10. The molecule has 1 rings (SSSR count). The van der Waals surface area contributed by atoms with Crippen LogP contribution in [-0.2, 0) is 43.1 Å². The maximum absolute atomic E-state index is 12.3. The summed E-state index contributed by atoms with van der Waals surface area (Å²) in [6, 6.07) is -0.836. The molecule has 1 aliphatic heterocycles. The number of methoxy groups -OCH3 is 1. The van der Waals surface area contributed by atoms with Crippen LogP contribution in [0.3, 0.4) is 0 Å². The highest BCUT2D eigenvalue weighted by Crippen LogP contribution is 2.13. The lowest BCUT2D eigenvalue weighted by molar-refractivity contribution is -0.197. The monoisotopic (exact) mass is 500 g/mol. The first-order valence-corrected chi connectivity index (χ1v) is 11.7. The maximum Gasteiger partial charge on any atom is 0.333 e. The average Bonchev–Trinajstić information content (AvgIpc) is 3.12. The molecule has 0 saturated carbocycles. The highest BCUT2D eigenvalue weighted by Gasteiger charge is 2.32. The van der Waals surface area contributed by atoms with Crippen molar-refractivity contribution in [2.45, 2.75) is 64.3 Å². The molecule has 1 unspecified atom stereocenters. The SMILES string of the molecule is COCCOCCNC(=O)C(CCC(=O)NCCCCCC(=O)ON1C(=O)CCC1=O)NC(C)=O. The van der Waals surface area contributed by atoms with Crippen LogP contribution < -0.4 is 16.0 Å². The normalized spacial score (nSPS) is 13.9. The zero-order chi connectivity index (χ0) is 26.1. The number of hydrogen-bond donors (Lipinski definition) is 3. The molecule has 0 aromatic carbocycles. The van der Waals surface area contributed by atoms with E-state index in [1.54, 1.807) is 7.11 Å². The van der Waals surface area contributed by atoms with Gasteiger partial charge in [-0.15, -0.1) is 5.06 Å². The summed E-state index contributed by atoms with van der Waals surface area (Å²) in [5, 5.41) is 8.46. The van der Waals surface area contributed by atoms with Crippen LogP contribution in [0.4, 0.5) is 0 Å². The van der Waals surface area contributed by atoms with Crippen molar-refractivity contribution < 1.29 is 43.1 Å². The molecule has 3 N–H and O–H groups in total. The lowest BCUT2D eigenvalue weighted by atomic mass is 10.1. The van der Waals surface area contributed by atoms with Crippen molar-refractivity contribution in [3.63, 3.8) is 0 Å². The first kappa shape index (κ1) is 30.0. The highest BCUT2D eigenvalue weighted by atomic mass is 16.7. The average molecular weight is 501 g/mol. The molecular weight excluding hydrogens is 464 g/mol. The van der Waals surface area contributed by atoms with Gasteiger partial charge in [-0.3, -0.25) is 24.0 Å². The highest BCUT2D eigenvalue weighted by molar-refractivity contribution is 6.01. The van der Waals surface area contributed by atoms with E-state index in [0.29, 0.717) is 50.7 Å². The molecular formula is C22H36N4O9. The van der Waals surface area contributed by atoms with E-state index < -0.39 is 29.7 Å². The van der Waals surface area contributed by atoms with E-state index in [1.807, 2.05) is 0 Å². The number of unbranched alkanes of at least 4 members (excludes halogenated alkanes) is 2. The third-order valence-electron chi connectivity index (χ3n) is 4.91. The van der Waals surface area contributed by atoms with Gasteiger partial charge in [-0.25, -0.2) is 4.79 Å². The molecule has 35 heavy (non-hydrogen) atoms. The maximum atomic E-state index is 12.3. The predicted octanol–water partition coefficient (Wildman–Crippen LogP) is -0.666. The van der Waals surface area contributed by atoms with E-state index >= 15 is 0 Å². The van der Waals surface area contributed by atoms with Gasteiger partial charge in [0.2, 0.25) is 17.7 Å². The summed E-state index contributed by atoms with van der Waals surface area (Å²) in [5.41, 5.74) is 0. The van der Waals surface area contributed by atoms with Gasteiger partial charge in [-0.2, -0.15) is 0 Å². The number of ether oxygens (including phenoxy) is 2. The molecule has 0 radical (unpaired) electrons. The molecule has 1 aliphatic rings. The van der Waals surface area contributed by atoms with Crippen LogP contribution >= 0.6 is 0 Å². The molecule has 198 valence electrons. The second-order valence-electron chi connectivity index (χ2n) is 7.89. The number of hydroxylamine groups is 2. The number of nitrogens with zero attached hydrogens (tertiary/aromatic N) is 1. The number of nitrogens with one attached hydrogen (secondary N) is 3. The van der Waals surface area contributed by atoms with Crippen LogP contribution in [0.15, 0.2) is 0 Å². The summed E-state index contributed by atoms with van der Waals surface area (Å²) < 4.78 is 10.1. The zero-order valence-electron chi connectivity index (χ0n) is 20.4. The van der Waals surface area contributed by atoms with Crippen LogP contribution in [0.2, 0.25) is 0 Å². The second kappa shape index (κ2) is 17.4. The van der Waals surface area contributed by atoms with Gasteiger partial charge in [0.25, 0.3) is 11.8 Å². The Hall–Kier alpha value is -3.06. The number of carbonyl (C=O) groups excluding carboxylic acids is 6. The Bertz CT molecular complexity index is 728. The van der Waals surface area contributed by atoms with Crippen molar-refractivity contribution in [3.05, 3.63) is 0 Å². The number of imide groups is 1. The molecule has 0 aliphatic carbocycles. The Labute approximate surface area is 204 Å². The molecule has 1 heterocycles. The van der Waals surface area contributed by atoms with Gasteiger partial charge >= 0.3 is 5.97 Å². The molecule has 0 bridgehead atoms. The van der Waals surface area contributed by atoms with Gasteiger partial charge in [0.1, 0.15) is 6.04 Å². The first-order valence-electron chi connectivity index (χ1n) is 11.7. The lowest BCUT2D eigenvalue weighted by Crippen LogP contribution is -2.47. The minimum absolute atomic E-state index is 0.0479. The lowest BCUT2D eigenvalue weighted by Gasteiger charge is -2.17. The summed E-state index contributed by atoms with van der Waals surface area (Å²) in [4.78, 5) is 75.1. The number of hydrogen-bond acceptors (Lipinski definition) is 9. The quantitative estimate of drug-likeness (QED) is 0.163. The number of amides is 5. The zero-order valence-corrected chi connectivity index (χ0v) is 20.4. The van der Waals surface area contributed by atoms with E-state index in [4.69, 9.17) is 14.3 Å². The minimum Gasteiger partial charge on any atom is -0.382 e. The summed E-state index contributed by atoms with van der Waals surface area (Å²) in [7, 11) is 1.56. The van der Waals surface area contributed by atoms with Crippen molar-refractivity contribution in [3.8, 4) is 0 Å². The predicted molar refractivity (Wildman–Crippen MR) is 121 cm³/mol. The molecule has 0 aromatic heterocycles. The first-order chi connectivity index (χ1) is 16.7. The van der Waals surface area contributed by atoms with Gasteiger partial charge in [0, 0.05) is 52.8 Å². The Balaban J connectivity index is 2.17. The van der Waals surface area contributed by atoms with E-state index in [-0.39, 0.29) is 50.5 Å². The van der Waals surface area contributed by atoms with Crippen molar-refractivity contribution in [2.75, 3.05) is 40.0 Å².